The monoisotopic (exact) mass is 298 g/mol. The zero-order valence-corrected chi connectivity index (χ0v) is 12.2. The van der Waals surface area contributed by atoms with Gasteiger partial charge in [-0.15, -0.1) is 0 Å². The smallest absolute Gasteiger partial charge is 0.351 e. The third-order valence-corrected chi connectivity index (χ3v) is 3.42. The quantitative estimate of drug-likeness (QED) is 0.422. The summed E-state index contributed by atoms with van der Waals surface area (Å²) in [6.07, 6.45) is 0. The van der Waals surface area contributed by atoms with Crippen LogP contribution in [-0.4, -0.2) is 19.7 Å². The highest BCUT2D eigenvalue weighted by atomic mass is 16.5. The van der Waals surface area contributed by atoms with Crippen LogP contribution in [0.5, 0.6) is 5.75 Å². The Kier molecular flexibility index (Phi) is 3.55. The van der Waals surface area contributed by atoms with Gasteiger partial charge in [0.1, 0.15) is 5.56 Å². The molecule has 0 radical (unpaired) electrons. The van der Waals surface area contributed by atoms with Crippen molar-refractivity contribution in [2.75, 3.05) is 13.7 Å². The second-order valence-electron chi connectivity index (χ2n) is 4.71. The lowest BCUT2D eigenvalue weighted by atomic mass is 10.0. The van der Waals surface area contributed by atoms with Gasteiger partial charge in [0.2, 0.25) is 0 Å². The number of ether oxygens (including phenoxy) is 2. The maximum Gasteiger partial charge on any atom is 0.351 e. The zero-order chi connectivity index (χ0) is 15.7. The predicted octanol–water partition coefficient (Wildman–Crippen LogP) is 3.13. The van der Waals surface area contributed by atoms with E-state index in [1.165, 1.54) is 13.2 Å². The number of esters is 1. The Morgan fingerprint density at radius 1 is 1.18 bits per heavy atom. The van der Waals surface area contributed by atoms with Gasteiger partial charge < -0.3 is 13.9 Å². The molecular weight excluding hydrogens is 284 g/mol. The fraction of sp³-hybridized carbons (Fsp3) is 0.176. The molecule has 5 nitrogen and oxygen atoms in total. The minimum absolute atomic E-state index is 0.118. The van der Waals surface area contributed by atoms with Crippen LogP contribution in [0.25, 0.3) is 21.7 Å². The largest absolute Gasteiger partial charge is 0.493 e. The van der Waals surface area contributed by atoms with E-state index in [1.54, 1.807) is 13.0 Å². The lowest BCUT2D eigenvalue weighted by molar-refractivity contribution is 0.0521. The van der Waals surface area contributed by atoms with Crippen LogP contribution in [0.2, 0.25) is 0 Å². The molecule has 0 bridgehead atoms. The summed E-state index contributed by atoms with van der Waals surface area (Å²) < 4.78 is 15.5. The Bertz CT molecular complexity index is 923. The molecule has 0 saturated carbocycles. The zero-order valence-electron chi connectivity index (χ0n) is 12.2. The Morgan fingerprint density at radius 3 is 2.68 bits per heavy atom. The van der Waals surface area contributed by atoms with Gasteiger partial charge in [-0.05, 0) is 29.8 Å². The minimum Gasteiger partial charge on any atom is -0.493 e. The van der Waals surface area contributed by atoms with Gasteiger partial charge in [-0.2, -0.15) is 0 Å². The van der Waals surface area contributed by atoms with Crippen molar-refractivity contribution in [2.45, 2.75) is 6.92 Å². The molecule has 0 aliphatic carbocycles. The summed E-state index contributed by atoms with van der Waals surface area (Å²) in [5.41, 5.74) is -0.536. The molecule has 1 heterocycles. The molecule has 0 atom stereocenters. The van der Waals surface area contributed by atoms with Gasteiger partial charge in [0.05, 0.1) is 13.7 Å². The molecule has 2 aromatic carbocycles. The molecule has 0 saturated heterocycles. The van der Waals surface area contributed by atoms with Crippen LogP contribution in [0.4, 0.5) is 0 Å². The van der Waals surface area contributed by atoms with E-state index in [9.17, 15) is 9.59 Å². The minimum atomic E-state index is -0.737. The molecular formula is C17H14O5. The molecule has 0 spiro atoms. The summed E-state index contributed by atoms with van der Waals surface area (Å²) in [7, 11) is 1.50. The van der Waals surface area contributed by atoms with Crippen LogP contribution in [0, 0.1) is 0 Å². The molecule has 1 aromatic heterocycles. The molecule has 0 aliphatic rings. The van der Waals surface area contributed by atoms with E-state index in [-0.39, 0.29) is 12.2 Å². The topological polar surface area (TPSA) is 65.7 Å². The lowest BCUT2D eigenvalue weighted by Gasteiger charge is -2.09. The van der Waals surface area contributed by atoms with Gasteiger partial charge in [0, 0.05) is 5.39 Å². The third kappa shape index (κ3) is 2.20. The highest BCUT2D eigenvalue weighted by Gasteiger charge is 2.18. The summed E-state index contributed by atoms with van der Waals surface area (Å²) in [5, 5.41) is 2.43. The first kappa shape index (κ1) is 14.1. The van der Waals surface area contributed by atoms with E-state index in [1.807, 2.05) is 24.3 Å². The van der Waals surface area contributed by atoms with Crippen molar-refractivity contribution in [1.29, 1.82) is 0 Å². The number of rotatable bonds is 3. The first-order chi connectivity index (χ1) is 10.7. The van der Waals surface area contributed by atoms with Gasteiger partial charge in [0.15, 0.2) is 11.3 Å². The molecule has 3 aromatic rings. The van der Waals surface area contributed by atoms with Crippen molar-refractivity contribution in [3.63, 3.8) is 0 Å². The van der Waals surface area contributed by atoms with Gasteiger partial charge >= 0.3 is 11.6 Å². The fourth-order valence-corrected chi connectivity index (χ4v) is 2.43. The van der Waals surface area contributed by atoms with E-state index in [0.29, 0.717) is 16.7 Å². The highest BCUT2D eigenvalue weighted by molar-refractivity contribution is 6.09. The van der Waals surface area contributed by atoms with Gasteiger partial charge in [0.25, 0.3) is 0 Å². The number of hydrogen-bond acceptors (Lipinski definition) is 5. The SMILES string of the molecule is CCOC(=O)c1cc2c(oc1=O)c(OC)cc1ccccc12. The van der Waals surface area contributed by atoms with Crippen molar-refractivity contribution in [1.82, 2.24) is 0 Å². The molecule has 22 heavy (non-hydrogen) atoms. The average Bonchev–Trinajstić information content (AvgIpc) is 2.53. The van der Waals surface area contributed by atoms with Crippen LogP contribution in [0.3, 0.4) is 0 Å². The molecule has 112 valence electrons. The summed E-state index contributed by atoms with van der Waals surface area (Å²) in [5.74, 6) is -0.244. The number of benzene rings is 2. The Labute approximate surface area is 126 Å². The van der Waals surface area contributed by atoms with Gasteiger partial charge in [-0.1, -0.05) is 24.3 Å². The molecule has 5 heteroatoms. The highest BCUT2D eigenvalue weighted by Crippen LogP contribution is 2.33. The number of carbonyl (C=O) groups excluding carboxylic acids is 1. The van der Waals surface area contributed by atoms with E-state index >= 15 is 0 Å². The molecule has 0 N–H and O–H groups in total. The Balaban J connectivity index is 2.41. The molecule has 0 unspecified atom stereocenters. The van der Waals surface area contributed by atoms with E-state index in [4.69, 9.17) is 13.9 Å². The summed E-state index contributed by atoms with van der Waals surface area (Å²) >= 11 is 0. The summed E-state index contributed by atoms with van der Waals surface area (Å²) in [4.78, 5) is 23.9. The van der Waals surface area contributed by atoms with Crippen molar-refractivity contribution < 1.29 is 18.7 Å². The average molecular weight is 298 g/mol. The first-order valence-electron chi connectivity index (χ1n) is 6.86. The molecule has 0 fully saturated rings. The van der Waals surface area contributed by atoms with Crippen molar-refractivity contribution in [3.8, 4) is 5.75 Å². The number of methoxy groups -OCH3 is 1. The van der Waals surface area contributed by atoms with Crippen LogP contribution in [0.15, 0.2) is 45.6 Å². The van der Waals surface area contributed by atoms with Crippen LogP contribution >= 0.6 is 0 Å². The normalized spacial score (nSPS) is 10.8. The Hall–Kier alpha value is -2.82. The molecule has 0 amide bonds. The maximum absolute atomic E-state index is 12.0. The molecule has 3 rings (SSSR count). The lowest BCUT2D eigenvalue weighted by Crippen LogP contribution is -2.16. The van der Waals surface area contributed by atoms with Crippen LogP contribution in [0.1, 0.15) is 17.3 Å². The summed E-state index contributed by atoms with van der Waals surface area (Å²) in [6.45, 7) is 1.87. The van der Waals surface area contributed by atoms with Crippen molar-refractivity contribution in [3.05, 3.63) is 52.4 Å². The van der Waals surface area contributed by atoms with Crippen molar-refractivity contribution in [2.24, 2.45) is 0 Å². The van der Waals surface area contributed by atoms with E-state index < -0.39 is 11.6 Å². The van der Waals surface area contributed by atoms with Gasteiger partial charge in [-0.3, -0.25) is 0 Å². The van der Waals surface area contributed by atoms with Crippen molar-refractivity contribution >= 4 is 27.7 Å². The fourth-order valence-electron chi connectivity index (χ4n) is 2.43. The number of fused-ring (bicyclic) bond motifs is 3. The number of hydrogen-bond donors (Lipinski definition) is 0. The standard InChI is InChI=1S/C17H14O5/c1-3-21-16(18)13-9-12-11-7-5-4-6-10(11)8-14(20-2)15(12)22-17(13)19/h4-9H,3H2,1-2H3. The van der Waals surface area contributed by atoms with E-state index in [0.717, 1.165) is 10.8 Å². The second-order valence-corrected chi connectivity index (χ2v) is 4.71. The first-order valence-corrected chi connectivity index (χ1v) is 6.86. The van der Waals surface area contributed by atoms with Gasteiger partial charge in [-0.25, -0.2) is 9.59 Å². The maximum atomic E-state index is 12.0. The number of carbonyl (C=O) groups is 1. The van der Waals surface area contributed by atoms with E-state index in [2.05, 4.69) is 0 Å². The third-order valence-electron chi connectivity index (χ3n) is 3.42. The second kappa shape index (κ2) is 5.52. The predicted molar refractivity (Wildman–Crippen MR) is 82.5 cm³/mol. The van der Waals surface area contributed by atoms with Crippen LogP contribution < -0.4 is 10.4 Å². The Morgan fingerprint density at radius 2 is 1.95 bits per heavy atom. The molecule has 0 aliphatic heterocycles. The summed E-state index contributed by atoms with van der Waals surface area (Å²) in [6, 6.07) is 10.9. The van der Waals surface area contributed by atoms with Crippen LogP contribution in [-0.2, 0) is 4.74 Å².